The van der Waals surface area contributed by atoms with E-state index in [-0.39, 0.29) is 12.5 Å². The Balaban J connectivity index is 2.64. The summed E-state index contributed by atoms with van der Waals surface area (Å²) in [5.41, 5.74) is 0. The number of nitrogens with zero attached hydrogens (tertiary/aromatic N) is 3. The Labute approximate surface area is 115 Å². The lowest BCUT2D eigenvalue weighted by atomic mass is 10.2. The van der Waals surface area contributed by atoms with Gasteiger partial charge >= 0.3 is 6.18 Å². The van der Waals surface area contributed by atoms with Crippen LogP contribution in [0.15, 0.2) is 0 Å². The fourth-order valence-electron chi connectivity index (χ4n) is 1.50. The molecule has 0 fully saturated rings. The maximum Gasteiger partial charge on any atom is 0.401 e. The van der Waals surface area contributed by atoms with Gasteiger partial charge in [0.05, 0.1) is 13.1 Å². The molecule has 1 N–H and O–H groups in total. The molecule has 0 aliphatic rings. The largest absolute Gasteiger partial charge is 0.401 e. The Morgan fingerprint density at radius 1 is 1.37 bits per heavy atom. The van der Waals surface area contributed by atoms with Crippen molar-refractivity contribution >= 4 is 11.5 Å². The van der Waals surface area contributed by atoms with Gasteiger partial charge in [-0.05, 0) is 18.6 Å². The van der Waals surface area contributed by atoms with Crippen LogP contribution in [0.5, 0.6) is 0 Å². The van der Waals surface area contributed by atoms with Gasteiger partial charge in [-0.2, -0.15) is 17.5 Å². The predicted octanol–water partition coefficient (Wildman–Crippen LogP) is 2.25. The van der Waals surface area contributed by atoms with Crippen LogP contribution in [-0.2, 0) is 6.54 Å². The van der Waals surface area contributed by atoms with Crippen LogP contribution in [0.2, 0.25) is 0 Å². The van der Waals surface area contributed by atoms with Crippen LogP contribution in [0.3, 0.4) is 0 Å². The van der Waals surface area contributed by atoms with E-state index in [1.165, 1.54) is 16.4 Å². The molecule has 0 aromatic carbocycles. The SMILES string of the molecule is CNCCN(Cc1nc(C(C)C)ns1)CC(F)(F)F. The fraction of sp³-hybridized carbons (Fsp3) is 0.818. The summed E-state index contributed by atoms with van der Waals surface area (Å²) in [6.45, 7) is 4.01. The monoisotopic (exact) mass is 296 g/mol. The fourth-order valence-corrected chi connectivity index (χ4v) is 2.32. The number of aromatic nitrogens is 2. The second-order valence-corrected chi connectivity index (χ2v) is 5.47. The molecule has 19 heavy (non-hydrogen) atoms. The first-order valence-corrected chi connectivity index (χ1v) is 6.85. The van der Waals surface area contributed by atoms with Crippen LogP contribution in [0.4, 0.5) is 13.2 Å². The summed E-state index contributed by atoms with van der Waals surface area (Å²) in [7, 11) is 1.72. The minimum absolute atomic E-state index is 0.186. The Morgan fingerprint density at radius 2 is 2.05 bits per heavy atom. The zero-order valence-electron chi connectivity index (χ0n) is 11.3. The van der Waals surface area contributed by atoms with Crippen molar-refractivity contribution in [1.82, 2.24) is 19.6 Å². The number of hydrogen-bond donors (Lipinski definition) is 1. The van der Waals surface area contributed by atoms with Crippen molar-refractivity contribution < 1.29 is 13.2 Å². The lowest BCUT2D eigenvalue weighted by Gasteiger charge is -2.22. The number of alkyl halides is 3. The summed E-state index contributed by atoms with van der Waals surface area (Å²) >= 11 is 1.18. The van der Waals surface area contributed by atoms with Gasteiger partial charge in [-0.3, -0.25) is 4.90 Å². The minimum Gasteiger partial charge on any atom is -0.318 e. The molecule has 1 aromatic heterocycles. The Morgan fingerprint density at radius 3 is 2.53 bits per heavy atom. The average molecular weight is 296 g/mol. The number of nitrogens with one attached hydrogen (secondary N) is 1. The van der Waals surface area contributed by atoms with Crippen LogP contribution >= 0.6 is 11.5 Å². The molecule has 1 rings (SSSR count). The minimum atomic E-state index is -4.20. The molecule has 0 unspecified atom stereocenters. The highest BCUT2D eigenvalue weighted by atomic mass is 32.1. The predicted molar refractivity (Wildman–Crippen MR) is 69.3 cm³/mol. The maximum absolute atomic E-state index is 12.5. The van der Waals surface area contributed by atoms with Crippen LogP contribution < -0.4 is 5.32 Å². The Bertz CT molecular complexity index is 378. The standard InChI is InChI=1S/C11H19F3N4S/c1-8(2)10-16-9(19-17-10)6-18(5-4-15-3)7-11(12,13)14/h8,15H,4-7H2,1-3H3. The molecule has 1 aromatic rings. The van der Waals surface area contributed by atoms with Crippen molar-refractivity contribution in [2.75, 3.05) is 26.7 Å². The van der Waals surface area contributed by atoms with E-state index in [0.29, 0.717) is 23.9 Å². The summed E-state index contributed by atoms with van der Waals surface area (Å²) in [4.78, 5) is 5.60. The molecular weight excluding hydrogens is 277 g/mol. The van der Waals surface area contributed by atoms with Crippen molar-refractivity contribution in [3.8, 4) is 0 Å². The summed E-state index contributed by atoms with van der Waals surface area (Å²) < 4.78 is 41.6. The average Bonchev–Trinajstić information content (AvgIpc) is 2.72. The van der Waals surface area contributed by atoms with Gasteiger partial charge in [-0.25, -0.2) is 4.98 Å². The van der Waals surface area contributed by atoms with E-state index in [2.05, 4.69) is 14.7 Å². The topological polar surface area (TPSA) is 41.0 Å². The van der Waals surface area contributed by atoms with E-state index in [1.54, 1.807) is 7.05 Å². The third-order valence-corrected chi connectivity index (χ3v) is 3.15. The zero-order valence-corrected chi connectivity index (χ0v) is 12.1. The summed E-state index contributed by atoms with van der Waals surface area (Å²) in [5.74, 6) is 0.888. The van der Waals surface area contributed by atoms with Crippen molar-refractivity contribution in [2.45, 2.75) is 32.5 Å². The van der Waals surface area contributed by atoms with E-state index in [0.717, 1.165) is 0 Å². The van der Waals surface area contributed by atoms with Crippen molar-refractivity contribution in [1.29, 1.82) is 0 Å². The van der Waals surface area contributed by atoms with E-state index >= 15 is 0 Å². The van der Waals surface area contributed by atoms with Crippen molar-refractivity contribution in [2.24, 2.45) is 0 Å². The van der Waals surface area contributed by atoms with Gasteiger partial charge < -0.3 is 5.32 Å². The first-order chi connectivity index (χ1) is 8.81. The molecule has 0 bridgehead atoms. The highest BCUT2D eigenvalue weighted by Crippen LogP contribution is 2.19. The first kappa shape index (κ1) is 16.3. The summed E-state index contributed by atoms with van der Waals surface area (Å²) in [6.07, 6.45) is -4.20. The van der Waals surface area contributed by atoms with Gasteiger partial charge in [0.15, 0.2) is 0 Å². The van der Waals surface area contributed by atoms with Crippen LogP contribution in [0.25, 0.3) is 0 Å². The highest BCUT2D eigenvalue weighted by Gasteiger charge is 2.30. The Hall–Kier alpha value is -0.730. The molecule has 0 amide bonds. The molecule has 0 saturated heterocycles. The quantitative estimate of drug-likeness (QED) is 0.838. The number of hydrogen-bond acceptors (Lipinski definition) is 5. The molecule has 0 radical (unpaired) electrons. The summed E-state index contributed by atoms with van der Waals surface area (Å²) in [6, 6.07) is 0. The number of rotatable bonds is 7. The van der Waals surface area contributed by atoms with Crippen molar-refractivity contribution in [3.05, 3.63) is 10.8 Å². The van der Waals surface area contributed by atoms with Gasteiger partial charge in [-0.1, -0.05) is 13.8 Å². The first-order valence-electron chi connectivity index (χ1n) is 6.08. The van der Waals surface area contributed by atoms with Gasteiger partial charge in [0.25, 0.3) is 0 Å². The third kappa shape index (κ3) is 6.31. The smallest absolute Gasteiger partial charge is 0.318 e. The van der Waals surface area contributed by atoms with E-state index in [9.17, 15) is 13.2 Å². The molecule has 0 spiro atoms. The van der Waals surface area contributed by atoms with E-state index < -0.39 is 12.7 Å². The second-order valence-electron chi connectivity index (χ2n) is 4.63. The van der Waals surface area contributed by atoms with Crippen LogP contribution in [0, 0.1) is 0 Å². The molecule has 4 nitrogen and oxygen atoms in total. The van der Waals surface area contributed by atoms with E-state index in [4.69, 9.17) is 0 Å². The van der Waals surface area contributed by atoms with Gasteiger partial charge in [0.1, 0.15) is 10.8 Å². The van der Waals surface area contributed by atoms with E-state index in [1.807, 2.05) is 13.8 Å². The van der Waals surface area contributed by atoms with Gasteiger partial charge in [-0.15, -0.1) is 0 Å². The molecule has 0 aliphatic carbocycles. The molecule has 110 valence electrons. The molecule has 0 aliphatic heterocycles. The van der Waals surface area contributed by atoms with Crippen LogP contribution in [0.1, 0.15) is 30.6 Å². The lowest BCUT2D eigenvalue weighted by molar-refractivity contribution is -0.146. The third-order valence-electron chi connectivity index (χ3n) is 2.44. The molecule has 0 atom stereocenters. The van der Waals surface area contributed by atoms with Crippen molar-refractivity contribution in [3.63, 3.8) is 0 Å². The second kappa shape index (κ2) is 7.16. The normalized spacial score (nSPS) is 12.6. The maximum atomic E-state index is 12.5. The summed E-state index contributed by atoms with van der Waals surface area (Å²) in [5, 5.41) is 3.48. The van der Waals surface area contributed by atoms with Crippen LogP contribution in [-0.4, -0.2) is 47.1 Å². The molecule has 8 heteroatoms. The van der Waals surface area contributed by atoms with Gasteiger partial charge in [0, 0.05) is 19.0 Å². The zero-order chi connectivity index (χ0) is 14.5. The molecular formula is C11H19F3N4S. The molecule has 0 saturated carbocycles. The number of likely N-dealkylation sites (N-methyl/N-ethyl adjacent to an activating group) is 1. The highest BCUT2D eigenvalue weighted by molar-refractivity contribution is 7.05. The number of halogens is 3. The lowest BCUT2D eigenvalue weighted by Crippen LogP contribution is -2.37. The Kier molecular flexibility index (Phi) is 6.15. The van der Waals surface area contributed by atoms with Gasteiger partial charge in [0.2, 0.25) is 0 Å². The molecule has 1 heterocycles.